The lowest BCUT2D eigenvalue weighted by atomic mass is 10.1. The maximum Gasteiger partial charge on any atom is 0.305 e. The second-order valence-corrected chi connectivity index (χ2v) is 6.12. The van der Waals surface area contributed by atoms with Crippen LogP contribution in [0.25, 0.3) is 5.69 Å². The average Bonchev–Trinajstić information content (AvgIpc) is 3.27. The van der Waals surface area contributed by atoms with Gasteiger partial charge >= 0.3 is 5.97 Å². The molecule has 0 aliphatic carbocycles. The molecular weight excluding hydrogens is 326 g/mol. The zero-order valence-electron chi connectivity index (χ0n) is 12.6. The van der Waals surface area contributed by atoms with Gasteiger partial charge in [0.05, 0.1) is 18.2 Å². The van der Waals surface area contributed by atoms with Crippen LogP contribution in [0.4, 0.5) is 0 Å². The van der Waals surface area contributed by atoms with Crippen molar-refractivity contribution in [1.82, 2.24) is 15.1 Å². The van der Waals surface area contributed by atoms with Crippen molar-refractivity contribution < 1.29 is 14.7 Å². The Hall–Kier alpha value is -2.93. The predicted octanol–water partition coefficient (Wildman–Crippen LogP) is 2.88. The van der Waals surface area contributed by atoms with E-state index in [1.165, 1.54) is 11.3 Å². The highest BCUT2D eigenvalue weighted by Gasteiger charge is 2.19. The summed E-state index contributed by atoms with van der Waals surface area (Å²) in [4.78, 5) is 24.3. The van der Waals surface area contributed by atoms with Crippen LogP contribution < -0.4 is 5.32 Å². The Morgan fingerprint density at radius 2 is 2.00 bits per heavy atom. The summed E-state index contributed by atoms with van der Waals surface area (Å²) in [5.41, 5.74) is 1.31. The lowest BCUT2D eigenvalue weighted by molar-refractivity contribution is -0.137. The molecule has 3 rings (SSSR count). The monoisotopic (exact) mass is 341 g/mol. The SMILES string of the molecule is O=C(O)CC(NC(=O)c1ccc(-n2cccn2)cc1)c1cccs1. The van der Waals surface area contributed by atoms with E-state index in [1.54, 1.807) is 35.1 Å². The Morgan fingerprint density at radius 3 is 2.58 bits per heavy atom. The first kappa shape index (κ1) is 15.9. The molecule has 0 radical (unpaired) electrons. The van der Waals surface area contributed by atoms with E-state index in [-0.39, 0.29) is 12.3 Å². The number of carbonyl (C=O) groups is 2. The van der Waals surface area contributed by atoms with Gasteiger partial charge in [0, 0.05) is 22.8 Å². The second kappa shape index (κ2) is 7.10. The summed E-state index contributed by atoms with van der Waals surface area (Å²) < 4.78 is 1.70. The molecule has 0 spiro atoms. The topological polar surface area (TPSA) is 84.2 Å². The molecule has 2 heterocycles. The normalized spacial score (nSPS) is 11.8. The molecule has 2 N–H and O–H groups in total. The highest BCUT2D eigenvalue weighted by Crippen LogP contribution is 2.22. The van der Waals surface area contributed by atoms with Crippen molar-refractivity contribution in [2.24, 2.45) is 0 Å². The van der Waals surface area contributed by atoms with Crippen LogP contribution >= 0.6 is 11.3 Å². The molecule has 3 aromatic rings. The van der Waals surface area contributed by atoms with Gasteiger partial charge in [0.2, 0.25) is 0 Å². The lowest BCUT2D eigenvalue weighted by Gasteiger charge is -2.15. The van der Waals surface area contributed by atoms with Crippen molar-refractivity contribution in [3.63, 3.8) is 0 Å². The van der Waals surface area contributed by atoms with Gasteiger partial charge in [-0.05, 0) is 41.8 Å². The Labute approximate surface area is 142 Å². The number of hydrogen-bond acceptors (Lipinski definition) is 4. The molecule has 1 amide bonds. The zero-order valence-corrected chi connectivity index (χ0v) is 13.4. The van der Waals surface area contributed by atoms with Crippen molar-refractivity contribution in [2.75, 3.05) is 0 Å². The number of carboxylic acids is 1. The molecule has 24 heavy (non-hydrogen) atoms. The van der Waals surface area contributed by atoms with Gasteiger partial charge in [0.15, 0.2) is 0 Å². The van der Waals surface area contributed by atoms with Gasteiger partial charge < -0.3 is 10.4 Å². The maximum absolute atomic E-state index is 12.4. The number of amides is 1. The minimum Gasteiger partial charge on any atom is -0.481 e. The van der Waals surface area contributed by atoms with E-state index in [0.29, 0.717) is 5.56 Å². The third kappa shape index (κ3) is 3.69. The molecule has 0 aliphatic heterocycles. The minimum absolute atomic E-state index is 0.155. The predicted molar refractivity (Wildman–Crippen MR) is 90.3 cm³/mol. The number of nitrogens with one attached hydrogen (secondary N) is 1. The molecule has 7 heteroatoms. The van der Waals surface area contributed by atoms with Crippen LogP contribution in [0.3, 0.4) is 0 Å². The van der Waals surface area contributed by atoms with Crippen molar-refractivity contribution in [3.05, 3.63) is 70.7 Å². The Kier molecular flexibility index (Phi) is 4.72. The second-order valence-electron chi connectivity index (χ2n) is 5.14. The summed E-state index contributed by atoms with van der Waals surface area (Å²) in [6.45, 7) is 0. The van der Waals surface area contributed by atoms with Gasteiger partial charge in [-0.1, -0.05) is 6.07 Å². The van der Waals surface area contributed by atoms with E-state index < -0.39 is 12.0 Å². The van der Waals surface area contributed by atoms with Crippen LogP contribution in [0.2, 0.25) is 0 Å². The first-order valence-corrected chi connectivity index (χ1v) is 8.17. The highest BCUT2D eigenvalue weighted by molar-refractivity contribution is 7.10. The van der Waals surface area contributed by atoms with Crippen molar-refractivity contribution in [1.29, 1.82) is 0 Å². The van der Waals surface area contributed by atoms with Crippen LogP contribution in [-0.4, -0.2) is 26.8 Å². The summed E-state index contributed by atoms with van der Waals surface area (Å²) in [7, 11) is 0. The van der Waals surface area contributed by atoms with Crippen molar-refractivity contribution in [3.8, 4) is 5.69 Å². The fraction of sp³-hybridized carbons (Fsp3) is 0.118. The van der Waals surface area contributed by atoms with E-state index in [0.717, 1.165) is 10.6 Å². The van der Waals surface area contributed by atoms with Gasteiger partial charge in [-0.2, -0.15) is 5.10 Å². The summed E-state index contributed by atoms with van der Waals surface area (Å²) in [5.74, 6) is -1.26. The van der Waals surface area contributed by atoms with E-state index >= 15 is 0 Å². The number of benzene rings is 1. The Bertz CT molecular complexity index is 811. The van der Waals surface area contributed by atoms with Gasteiger partial charge in [0.25, 0.3) is 5.91 Å². The summed E-state index contributed by atoms with van der Waals surface area (Å²) in [6.07, 6.45) is 3.34. The molecule has 1 unspecified atom stereocenters. The summed E-state index contributed by atoms with van der Waals surface area (Å²) in [6, 6.07) is 11.9. The molecule has 0 aliphatic rings. The zero-order chi connectivity index (χ0) is 16.9. The largest absolute Gasteiger partial charge is 0.481 e. The fourth-order valence-electron chi connectivity index (χ4n) is 2.32. The molecule has 2 aromatic heterocycles. The van der Waals surface area contributed by atoms with Crippen LogP contribution in [0.5, 0.6) is 0 Å². The highest BCUT2D eigenvalue weighted by atomic mass is 32.1. The molecule has 0 fully saturated rings. The number of thiophene rings is 1. The Balaban J connectivity index is 1.74. The van der Waals surface area contributed by atoms with Gasteiger partial charge in [-0.15, -0.1) is 11.3 Å². The van der Waals surface area contributed by atoms with Gasteiger partial charge in [-0.25, -0.2) is 4.68 Å². The van der Waals surface area contributed by atoms with E-state index in [1.807, 2.05) is 29.8 Å². The number of aromatic nitrogens is 2. The van der Waals surface area contributed by atoms with Crippen molar-refractivity contribution >= 4 is 23.2 Å². The first-order valence-electron chi connectivity index (χ1n) is 7.29. The fourth-order valence-corrected chi connectivity index (χ4v) is 3.09. The van der Waals surface area contributed by atoms with Crippen LogP contribution in [0.1, 0.15) is 27.7 Å². The van der Waals surface area contributed by atoms with E-state index in [4.69, 9.17) is 5.11 Å². The maximum atomic E-state index is 12.4. The number of rotatable bonds is 6. The molecule has 6 nitrogen and oxygen atoms in total. The smallest absolute Gasteiger partial charge is 0.305 e. The minimum atomic E-state index is -0.956. The summed E-state index contributed by atoms with van der Waals surface area (Å²) >= 11 is 1.42. The lowest BCUT2D eigenvalue weighted by Crippen LogP contribution is -2.29. The molecule has 0 saturated carbocycles. The third-order valence-electron chi connectivity index (χ3n) is 3.47. The van der Waals surface area contributed by atoms with E-state index in [9.17, 15) is 9.59 Å². The number of nitrogens with zero attached hydrogens (tertiary/aromatic N) is 2. The number of carboxylic acid groups (broad SMARTS) is 1. The van der Waals surface area contributed by atoms with Gasteiger partial charge in [-0.3, -0.25) is 9.59 Å². The van der Waals surface area contributed by atoms with E-state index in [2.05, 4.69) is 10.4 Å². The van der Waals surface area contributed by atoms with Crippen LogP contribution in [-0.2, 0) is 4.79 Å². The molecule has 122 valence electrons. The quantitative estimate of drug-likeness (QED) is 0.722. The summed E-state index contributed by atoms with van der Waals surface area (Å²) in [5, 5.41) is 17.8. The van der Waals surface area contributed by atoms with Crippen LogP contribution in [0, 0.1) is 0 Å². The average molecular weight is 341 g/mol. The number of aliphatic carboxylic acids is 1. The van der Waals surface area contributed by atoms with Gasteiger partial charge in [0.1, 0.15) is 0 Å². The number of carbonyl (C=O) groups excluding carboxylic acids is 1. The van der Waals surface area contributed by atoms with Crippen molar-refractivity contribution in [2.45, 2.75) is 12.5 Å². The first-order chi connectivity index (χ1) is 11.6. The third-order valence-corrected chi connectivity index (χ3v) is 4.46. The Morgan fingerprint density at radius 1 is 1.21 bits per heavy atom. The van der Waals surface area contributed by atoms with Crippen LogP contribution in [0.15, 0.2) is 60.2 Å². The molecule has 1 atom stereocenters. The molecular formula is C17H15N3O3S. The molecule has 1 aromatic carbocycles. The molecule has 0 saturated heterocycles. The molecule has 0 bridgehead atoms. The standard InChI is InChI=1S/C17H15N3O3S/c21-16(22)11-14(15-3-1-10-24-15)19-17(23)12-4-6-13(7-5-12)20-9-2-8-18-20/h1-10,14H,11H2,(H,19,23)(H,21,22). The number of hydrogen-bond donors (Lipinski definition) is 2.